The molecule has 4 rings (SSSR count). The Balaban J connectivity index is 1.88. The van der Waals surface area contributed by atoms with Crippen LogP contribution in [0.15, 0.2) is 11.6 Å². The summed E-state index contributed by atoms with van der Waals surface area (Å²) in [4.78, 5) is 24.4. The molecule has 1 heterocycles. The fourth-order valence-electron chi connectivity index (χ4n) is 4.97. The van der Waals surface area contributed by atoms with E-state index in [9.17, 15) is 9.59 Å². The maximum Gasteiger partial charge on any atom is 0.318 e. The molecule has 0 radical (unpaired) electrons. The van der Waals surface area contributed by atoms with Crippen LogP contribution in [0.5, 0.6) is 0 Å². The summed E-state index contributed by atoms with van der Waals surface area (Å²) in [5.41, 5.74) is 1.17. The summed E-state index contributed by atoms with van der Waals surface area (Å²) in [5.74, 6) is -0.154. The lowest BCUT2D eigenvalue weighted by Crippen LogP contribution is -2.50. The Labute approximate surface area is 107 Å². The van der Waals surface area contributed by atoms with Gasteiger partial charge < -0.3 is 4.74 Å². The fraction of sp³-hybridized carbons (Fsp3) is 0.733. The summed E-state index contributed by atoms with van der Waals surface area (Å²) in [5, 5.41) is 0. The van der Waals surface area contributed by atoms with Crippen LogP contribution in [0.3, 0.4) is 0 Å². The van der Waals surface area contributed by atoms with Crippen LogP contribution < -0.4 is 0 Å². The van der Waals surface area contributed by atoms with Crippen molar-refractivity contribution in [2.45, 2.75) is 51.0 Å². The lowest BCUT2D eigenvalue weighted by molar-refractivity contribution is -0.166. The van der Waals surface area contributed by atoms with Gasteiger partial charge in [-0.05, 0) is 37.2 Å². The number of allylic oxidation sites excluding steroid dienone is 1. The zero-order chi connectivity index (χ0) is 12.3. The average molecular weight is 246 g/mol. The number of esters is 1. The molecule has 0 N–H and O–H groups in total. The van der Waals surface area contributed by atoms with E-state index in [2.05, 4.69) is 6.08 Å². The maximum atomic E-state index is 12.2. The molecule has 4 aliphatic rings. The second-order valence-electron chi connectivity index (χ2n) is 6.25. The number of carbonyl (C=O) groups excluding carboxylic acids is 2. The number of rotatable bonds is 0. The molecule has 0 aromatic carbocycles. The molecule has 4 atom stereocenters. The van der Waals surface area contributed by atoms with Gasteiger partial charge in [0.15, 0.2) is 0 Å². The van der Waals surface area contributed by atoms with Crippen molar-refractivity contribution in [1.29, 1.82) is 0 Å². The molecule has 0 unspecified atom stereocenters. The first-order valence-corrected chi connectivity index (χ1v) is 7.17. The van der Waals surface area contributed by atoms with Gasteiger partial charge in [-0.2, -0.15) is 0 Å². The zero-order valence-electron chi connectivity index (χ0n) is 10.5. The molecule has 2 saturated carbocycles. The third-order valence-electron chi connectivity index (χ3n) is 5.58. The van der Waals surface area contributed by atoms with Crippen molar-refractivity contribution in [3.8, 4) is 0 Å². The number of hydrogen-bond acceptors (Lipinski definition) is 3. The van der Waals surface area contributed by atoms with Gasteiger partial charge in [-0.25, -0.2) is 0 Å². The number of fused-ring (bicyclic) bond motifs is 1. The first kappa shape index (κ1) is 10.8. The Bertz CT molecular complexity index is 464. The first-order valence-electron chi connectivity index (χ1n) is 7.17. The van der Waals surface area contributed by atoms with Crippen LogP contribution in [0.25, 0.3) is 0 Å². The largest absolute Gasteiger partial charge is 0.457 e. The summed E-state index contributed by atoms with van der Waals surface area (Å²) in [6.07, 6.45) is 9.27. The highest BCUT2D eigenvalue weighted by molar-refractivity contribution is 6.03. The number of Topliss-reactive ketones (excluding diaryl/α,β-unsaturated/α-hetero) is 1. The molecule has 0 aromatic heterocycles. The Morgan fingerprint density at radius 2 is 2.11 bits per heavy atom. The first-order chi connectivity index (χ1) is 8.73. The number of ketones is 1. The van der Waals surface area contributed by atoms with Crippen molar-refractivity contribution in [2.24, 2.45) is 17.3 Å². The minimum atomic E-state index is -0.469. The van der Waals surface area contributed by atoms with Gasteiger partial charge in [0, 0.05) is 11.8 Å². The third kappa shape index (κ3) is 1.11. The van der Waals surface area contributed by atoms with Crippen LogP contribution >= 0.6 is 0 Å². The molecule has 18 heavy (non-hydrogen) atoms. The second-order valence-corrected chi connectivity index (χ2v) is 6.25. The van der Waals surface area contributed by atoms with Crippen LogP contribution in [0, 0.1) is 17.3 Å². The highest BCUT2D eigenvalue weighted by atomic mass is 16.5. The van der Waals surface area contributed by atoms with Crippen LogP contribution in [0.2, 0.25) is 0 Å². The molecule has 3 heteroatoms. The molecular weight excluding hydrogens is 228 g/mol. The van der Waals surface area contributed by atoms with Crippen LogP contribution in [-0.4, -0.2) is 17.9 Å². The highest BCUT2D eigenvalue weighted by Crippen LogP contribution is 2.62. The highest BCUT2D eigenvalue weighted by Gasteiger charge is 2.64. The van der Waals surface area contributed by atoms with E-state index in [0.29, 0.717) is 12.3 Å². The molecule has 0 bridgehead atoms. The van der Waals surface area contributed by atoms with Gasteiger partial charge in [-0.3, -0.25) is 9.59 Å². The van der Waals surface area contributed by atoms with E-state index in [-0.39, 0.29) is 23.3 Å². The number of carbonyl (C=O) groups is 2. The van der Waals surface area contributed by atoms with Gasteiger partial charge in [0.1, 0.15) is 17.8 Å². The number of hydrogen-bond donors (Lipinski definition) is 0. The van der Waals surface area contributed by atoms with Crippen molar-refractivity contribution in [1.82, 2.24) is 0 Å². The van der Waals surface area contributed by atoms with E-state index in [0.717, 1.165) is 32.1 Å². The van der Waals surface area contributed by atoms with E-state index >= 15 is 0 Å². The van der Waals surface area contributed by atoms with Crippen molar-refractivity contribution >= 4 is 11.8 Å². The molecule has 1 saturated heterocycles. The zero-order valence-corrected chi connectivity index (χ0v) is 10.5. The van der Waals surface area contributed by atoms with Gasteiger partial charge in [-0.15, -0.1) is 0 Å². The number of ether oxygens (including phenoxy) is 1. The van der Waals surface area contributed by atoms with Crippen molar-refractivity contribution in [3.05, 3.63) is 11.6 Å². The Hall–Kier alpha value is -1.12. The SMILES string of the molecule is O=C1C[C@H]2CCCC[C@]23C2=CCC[C@@H]2OC(=O)[C@H]13. The van der Waals surface area contributed by atoms with Gasteiger partial charge in [0.2, 0.25) is 0 Å². The summed E-state index contributed by atoms with van der Waals surface area (Å²) < 4.78 is 5.51. The Kier molecular flexibility index (Phi) is 2.07. The molecule has 3 nitrogen and oxygen atoms in total. The Morgan fingerprint density at radius 1 is 1.22 bits per heavy atom. The molecular formula is C15H18O3. The second kappa shape index (κ2) is 3.46. The summed E-state index contributed by atoms with van der Waals surface area (Å²) in [6.45, 7) is 0. The van der Waals surface area contributed by atoms with E-state index < -0.39 is 5.92 Å². The van der Waals surface area contributed by atoms with Crippen molar-refractivity contribution < 1.29 is 14.3 Å². The minimum absolute atomic E-state index is 0.0137. The quantitative estimate of drug-likeness (QED) is 0.374. The van der Waals surface area contributed by atoms with Gasteiger partial charge >= 0.3 is 5.97 Å². The van der Waals surface area contributed by atoms with Crippen LogP contribution in [-0.2, 0) is 14.3 Å². The summed E-state index contributed by atoms with van der Waals surface area (Å²) in [7, 11) is 0. The molecule has 0 aromatic rings. The Morgan fingerprint density at radius 3 is 3.00 bits per heavy atom. The van der Waals surface area contributed by atoms with E-state index in [1.165, 1.54) is 12.0 Å². The lowest BCUT2D eigenvalue weighted by atomic mass is 9.58. The van der Waals surface area contributed by atoms with E-state index in [1.54, 1.807) is 0 Å². The molecule has 1 aliphatic heterocycles. The maximum absolute atomic E-state index is 12.2. The van der Waals surface area contributed by atoms with Gasteiger partial charge in [0.25, 0.3) is 0 Å². The van der Waals surface area contributed by atoms with Crippen molar-refractivity contribution in [2.75, 3.05) is 0 Å². The smallest absolute Gasteiger partial charge is 0.318 e. The van der Waals surface area contributed by atoms with Crippen molar-refractivity contribution in [3.63, 3.8) is 0 Å². The minimum Gasteiger partial charge on any atom is -0.457 e. The van der Waals surface area contributed by atoms with E-state index in [4.69, 9.17) is 4.74 Å². The summed E-state index contributed by atoms with van der Waals surface area (Å²) in [6, 6.07) is 0. The lowest BCUT2D eigenvalue weighted by Gasteiger charge is -2.48. The fourth-order valence-corrected chi connectivity index (χ4v) is 4.97. The topological polar surface area (TPSA) is 43.4 Å². The van der Waals surface area contributed by atoms with Crippen LogP contribution in [0.1, 0.15) is 44.9 Å². The molecule has 3 fully saturated rings. The van der Waals surface area contributed by atoms with Crippen LogP contribution in [0.4, 0.5) is 0 Å². The monoisotopic (exact) mass is 246 g/mol. The van der Waals surface area contributed by atoms with Gasteiger partial charge in [-0.1, -0.05) is 18.9 Å². The summed E-state index contributed by atoms with van der Waals surface area (Å²) >= 11 is 0. The molecule has 1 spiro atoms. The molecule has 0 amide bonds. The third-order valence-corrected chi connectivity index (χ3v) is 5.58. The average Bonchev–Trinajstić information content (AvgIpc) is 2.90. The predicted octanol–water partition coefficient (Wildman–Crippen LogP) is 2.40. The molecule has 96 valence electrons. The normalized spacial score (nSPS) is 46.0. The van der Waals surface area contributed by atoms with Gasteiger partial charge in [0.05, 0.1) is 0 Å². The molecule has 3 aliphatic carbocycles. The van der Waals surface area contributed by atoms with E-state index in [1.807, 2.05) is 0 Å². The standard InChI is InChI=1S/C15H18O3/c16-11-8-9-4-1-2-7-15(9)10-5-3-6-12(10)18-14(17)13(11)15/h5,9,12-13H,1-4,6-8H2/t9-,12+,13+,15-/m1/s1. The predicted molar refractivity (Wildman–Crippen MR) is 64.7 cm³/mol.